The number of carbonyl (C=O) groups is 1. The van der Waals surface area contributed by atoms with Gasteiger partial charge in [0.15, 0.2) is 5.82 Å². The minimum absolute atomic E-state index is 0.0225. The molecule has 1 atom stereocenters. The van der Waals surface area contributed by atoms with E-state index in [-0.39, 0.29) is 17.9 Å². The summed E-state index contributed by atoms with van der Waals surface area (Å²) < 4.78 is 6.95. The van der Waals surface area contributed by atoms with E-state index in [1.165, 1.54) is 0 Å². The van der Waals surface area contributed by atoms with Gasteiger partial charge in [0.05, 0.1) is 6.54 Å². The van der Waals surface area contributed by atoms with E-state index in [1.807, 2.05) is 17.7 Å². The summed E-state index contributed by atoms with van der Waals surface area (Å²) in [6.45, 7) is 8.03. The van der Waals surface area contributed by atoms with Gasteiger partial charge < -0.3 is 14.0 Å². The van der Waals surface area contributed by atoms with Crippen LogP contribution in [-0.2, 0) is 11.3 Å². The van der Waals surface area contributed by atoms with E-state index < -0.39 is 0 Å². The summed E-state index contributed by atoms with van der Waals surface area (Å²) in [7, 11) is 1.73. The van der Waals surface area contributed by atoms with Gasteiger partial charge in [-0.1, -0.05) is 19.0 Å². The van der Waals surface area contributed by atoms with Gasteiger partial charge in [0.25, 0.3) is 0 Å². The van der Waals surface area contributed by atoms with Gasteiger partial charge in [0.1, 0.15) is 11.9 Å². The second kappa shape index (κ2) is 6.07. The molecule has 21 heavy (non-hydrogen) atoms. The van der Waals surface area contributed by atoms with Gasteiger partial charge in [-0.2, -0.15) is 4.98 Å². The molecule has 0 aromatic carbocycles. The van der Waals surface area contributed by atoms with Crippen LogP contribution in [0.5, 0.6) is 0 Å². The third kappa shape index (κ3) is 3.29. The van der Waals surface area contributed by atoms with E-state index in [9.17, 15) is 4.79 Å². The molecule has 1 unspecified atom stereocenters. The van der Waals surface area contributed by atoms with Crippen molar-refractivity contribution in [2.45, 2.75) is 46.2 Å². The lowest BCUT2D eigenvalue weighted by Gasteiger charge is -2.22. The van der Waals surface area contributed by atoms with E-state index in [0.717, 1.165) is 5.82 Å². The van der Waals surface area contributed by atoms with Gasteiger partial charge in [-0.15, -0.1) is 0 Å². The molecule has 0 saturated carbocycles. The smallest absolute Gasteiger partial charge is 0.246 e. The fourth-order valence-electron chi connectivity index (χ4n) is 2.22. The Morgan fingerprint density at radius 2 is 2.14 bits per heavy atom. The van der Waals surface area contributed by atoms with Crippen LogP contribution in [0.3, 0.4) is 0 Å². The Balaban J connectivity index is 2.09. The number of amides is 1. The molecule has 0 aliphatic heterocycles. The second-order valence-corrected chi connectivity index (χ2v) is 5.45. The number of aryl methyl sites for hydroxylation is 1. The van der Waals surface area contributed by atoms with E-state index in [1.54, 1.807) is 25.1 Å². The summed E-state index contributed by atoms with van der Waals surface area (Å²) in [4.78, 5) is 22.5. The molecule has 0 spiro atoms. The third-order valence-electron chi connectivity index (χ3n) is 3.31. The number of aromatic nitrogens is 4. The molecule has 7 nitrogen and oxygen atoms in total. The average molecular weight is 291 g/mol. The predicted octanol–water partition coefficient (Wildman–Crippen LogP) is 1.92. The minimum atomic E-state index is -0.320. The van der Waals surface area contributed by atoms with Gasteiger partial charge in [0, 0.05) is 25.4 Å². The summed E-state index contributed by atoms with van der Waals surface area (Å²) in [5, 5.41) is 3.72. The molecule has 0 aliphatic rings. The highest BCUT2D eigenvalue weighted by Crippen LogP contribution is 2.19. The molecule has 2 aromatic rings. The highest BCUT2D eigenvalue weighted by atomic mass is 16.5. The number of rotatable bonds is 5. The van der Waals surface area contributed by atoms with Crippen LogP contribution in [0.1, 0.15) is 50.3 Å². The Bertz CT molecular complexity index is 616. The molecule has 2 heterocycles. The first kappa shape index (κ1) is 15.2. The first-order valence-electron chi connectivity index (χ1n) is 6.97. The minimum Gasteiger partial charge on any atom is -0.337 e. The number of hydrogen-bond acceptors (Lipinski definition) is 5. The third-order valence-corrected chi connectivity index (χ3v) is 3.31. The first-order valence-corrected chi connectivity index (χ1v) is 6.97. The molecule has 0 N–H and O–H groups in total. The average Bonchev–Trinajstić information content (AvgIpc) is 3.05. The number of imidazole rings is 1. The van der Waals surface area contributed by atoms with Crippen molar-refractivity contribution in [3.05, 3.63) is 29.9 Å². The number of carbonyl (C=O) groups excluding carboxylic acids is 1. The Morgan fingerprint density at radius 3 is 2.71 bits per heavy atom. The fourth-order valence-corrected chi connectivity index (χ4v) is 2.22. The van der Waals surface area contributed by atoms with Crippen LogP contribution in [0.2, 0.25) is 0 Å². The molecule has 0 bridgehead atoms. The standard InChI is InChI=1S/C14H21N5O2/c1-9(2)13-15-6-7-19(13)10(3)14(20)18(5)8-12-16-11(4)17-21-12/h6-7,9-10H,8H2,1-5H3. The molecule has 0 aliphatic carbocycles. The zero-order valence-corrected chi connectivity index (χ0v) is 13.1. The second-order valence-electron chi connectivity index (χ2n) is 5.45. The van der Waals surface area contributed by atoms with Crippen LogP contribution in [0, 0.1) is 6.92 Å². The van der Waals surface area contributed by atoms with Crippen molar-refractivity contribution in [1.82, 2.24) is 24.6 Å². The Morgan fingerprint density at radius 1 is 1.43 bits per heavy atom. The van der Waals surface area contributed by atoms with Crippen molar-refractivity contribution in [3.8, 4) is 0 Å². The monoisotopic (exact) mass is 291 g/mol. The Labute approximate surface area is 124 Å². The Hall–Kier alpha value is -2.18. The van der Waals surface area contributed by atoms with Crippen molar-refractivity contribution < 1.29 is 9.32 Å². The van der Waals surface area contributed by atoms with Crippen molar-refractivity contribution >= 4 is 5.91 Å². The summed E-state index contributed by atoms with van der Waals surface area (Å²) in [6.07, 6.45) is 3.56. The lowest BCUT2D eigenvalue weighted by molar-refractivity contribution is -0.133. The van der Waals surface area contributed by atoms with Crippen molar-refractivity contribution in [2.24, 2.45) is 0 Å². The number of likely N-dealkylation sites (N-methyl/N-ethyl adjacent to an activating group) is 1. The molecule has 7 heteroatoms. The zero-order chi connectivity index (χ0) is 15.6. The lowest BCUT2D eigenvalue weighted by atomic mass is 10.2. The van der Waals surface area contributed by atoms with Crippen LogP contribution in [0.25, 0.3) is 0 Å². The van der Waals surface area contributed by atoms with E-state index in [2.05, 4.69) is 29.0 Å². The van der Waals surface area contributed by atoms with Crippen LogP contribution >= 0.6 is 0 Å². The van der Waals surface area contributed by atoms with Crippen LogP contribution in [0.4, 0.5) is 0 Å². The van der Waals surface area contributed by atoms with Crippen molar-refractivity contribution in [1.29, 1.82) is 0 Å². The molecule has 114 valence electrons. The Kier molecular flexibility index (Phi) is 4.40. The van der Waals surface area contributed by atoms with Gasteiger partial charge in [-0.3, -0.25) is 4.79 Å². The highest BCUT2D eigenvalue weighted by Gasteiger charge is 2.23. The van der Waals surface area contributed by atoms with Gasteiger partial charge in [0.2, 0.25) is 11.8 Å². The zero-order valence-electron chi connectivity index (χ0n) is 13.1. The van der Waals surface area contributed by atoms with Crippen LogP contribution in [0.15, 0.2) is 16.9 Å². The van der Waals surface area contributed by atoms with Gasteiger partial charge >= 0.3 is 0 Å². The molecule has 1 amide bonds. The van der Waals surface area contributed by atoms with Crippen LogP contribution < -0.4 is 0 Å². The molecule has 0 fully saturated rings. The summed E-state index contributed by atoms with van der Waals surface area (Å²) in [5.41, 5.74) is 0. The predicted molar refractivity (Wildman–Crippen MR) is 76.5 cm³/mol. The molecule has 0 saturated heterocycles. The number of nitrogens with zero attached hydrogens (tertiary/aromatic N) is 5. The molecular weight excluding hydrogens is 270 g/mol. The normalized spacial score (nSPS) is 12.7. The molecule has 0 radical (unpaired) electrons. The van der Waals surface area contributed by atoms with E-state index >= 15 is 0 Å². The quantitative estimate of drug-likeness (QED) is 0.841. The van der Waals surface area contributed by atoms with Crippen molar-refractivity contribution in [2.75, 3.05) is 7.05 Å². The van der Waals surface area contributed by atoms with Gasteiger partial charge in [-0.25, -0.2) is 4.98 Å². The fraction of sp³-hybridized carbons (Fsp3) is 0.571. The maximum absolute atomic E-state index is 12.5. The summed E-state index contributed by atoms with van der Waals surface area (Å²) in [6, 6.07) is -0.320. The lowest BCUT2D eigenvalue weighted by Crippen LogP contribution is -2.33. The maximum Gasteiger partial charge on any atom is 0.246 e. The molecule has 2 aromatic heterocycles. The van der Waals surface area contributed by atoms with Gasteiger partial charge in [-0.05, 0) is 13.8 Å². The maximum atomic E-state index is 12.5. The van der Waals surface area contributed by atoms with E-state index in [0.29, 0.717) is 18.3 Å². The highest BCUT2D eigenvalue weighted by molar-refractivity contribution is 5.79. The summed E-state index contributed by atoms with van der Waals surface area (Å²) >= 11 is 0. The molecule has 2 rings (SSSR count). The number of hydrogen-bond donors (Lipinski definition) is 0. The van der Waals surface area contributed by atoms with E-state index in [4.69, 9.17) is 4.52 Å². The SMILES string of the molecule is Cc1noc(CN(C)C(=O)C(C)n2ccnc2C(C)C)n1. The largest absolute Gasteiger partial charge is 0.337 e. The summed E-state index contributed by atoms with van der Waals surface area (Å²) in [5.74, 6) is 2.14. The van der Waals surface area contributed by atoms with Crippen molar-refractivity contribution in [3.63, 3.8) is 0 Å². The molecular formula is C14H21N5O2. The first-order chi connectivity index (χ1) is 9.90. The topological polar surface area (TPSA) is 77.0 Å². The van der Waals surface area contributed by atoms with Crippen LogP contribution in [-0.4, -0.2) is 37.5 Å².